The van der Waals surface area contributed by atoms with Crippen molar-refractivity contribution in [2.45, 2.75) is 26.4 Å². The molecule has 3 aromatic rings. The van der Waals surface area contributed by atoms with E-state index < -0.39 is 0 Å². The van der Waals surface area contributed by atoms with E-state index in [1.54, 1.807) is 6.26 Å². The first-order valence-electron chi connectivity index (χ1n) is 8.90. The van der Waals surface area contributed by atoms with E-state index in [2.05, 4.69) is 35.3 Å². The normalized spacial score (nSPS) is 10.8. The van der Waals surface area contributed by atoms with E-state index in [0.717, 1.165) is 17.9 Å². The molecule has 0 aliphatic carbocycles. The SMILES string of the molecule is CCc1cccc(NC(=O)CN(Cc2ccccc2)Cc2ccco2)c1. The molecule has 0 atom stereocenters. The number of carbonyl (C=O) groups is 1. The molecule has 0 fully saturated rings. The topological polar surface area (TPSA) is 45.5 Å². The highest BCUT2D eigenvalue weighted by atomic mass is 16.3. The van der Waals surface area contributed by atoms with Gasteiger partial charge in [0, 0.05) is 12.2 Å². The molecule has 0 saturated carbocycles. The van der Waals surface area contributed by atoms with Crippen molar-refractivity contribution in [1.29, 1.82) is 0 Å². The lowest BCUT2D eigenvalue weighted by Gasteiger charge is -2.21. The number of nitrogens with one attached hydrogen (secondary N) is 1. The first kappa shape index (κ1) is 18.0. The van der Waals surface area contributed by atoms with Gasteiger partial charge in [0.05, 0.1) is 19.4 Å². The number of nitrogens with zero attached hydrogens (tertiary/aromatic N) is 1. The van der Waals surface area contributed by atoms with Gasteiger partial charge in [-0.2, -0.15) is 0 Å². The highest BCUT2D eigenvalue weighted by Crippen LogP contribution is 2.13. The Hall–Kier alpha value is -2.85. The van der Waals surface area contributed by atoms with Crippen molar-refractivity contribution >= 4 is 11.6 Å². The van der Waals surface area contributed by atoms with Crippen LogP contribution in [0.25, 0.3) is 0 Å². The van der Waals surface area contributed by atoms with Crippen LogP contribution in [0.1, 0.15) is 23.8 Å². The summed E-state index contributed by atoms with van der Waals surface area (Å²) in [5, 5.41) is 3.00. The minimum atomic E-state index is -0.0271. The van der Waals surface area contributed by atoms with E-state index in [1.807, 2.05) is 48.5 Å². The summed E-state index contributed by atoms with van der Waals surface area (Å²) in [5.41, 5.74) is 3.21. The van der Waals surface area contributed by atoms with Crippen LogP contribution in [-0.2, 0) is 24.3 Å². The van der Waals surface area contributed by atoms with Crippen LogP contribution in [0.15, 0.2) is 77.4 Å². The van der Waals surface area contributed by atoms with E-state index >= 15 is 0 Å². The lowest BCUT2D eigenvalue weighted by Crippen LogP contribution is -2.32. The summed E-state index contributed by atoms with van der Waals surface area (Å²) in [5.74, 6) is 0.822. The van der Waals surface area contributed by atoms with Crippen molar-refractivity contribution in [1.82, 2.24) is 4.90 Å². The zero-order valence-electron chi connectivity index (χ0n) is 15.0. The molecular weight excluding hydrogens is 324 g/mol. The van der Waals surface area contributed by atoms with Crippen LogP contribution >= 0.6 is 0 Å². The number of rotatable bonds is 8. The molecule has 0 spiro atoms. The lowest BCUT2D eigenvalue weighted by molar-refractivity contribution is -0.117. The molecule has 26 heavy (non-hydrogen) atoms. The summed E-state index contributed by atoms with van der Waals surface area (Å²) in [6, 6.07) is 21.9. The molecule has 0 bridgehead atoms. The summed E-state index contributed by atoms with van der Waals surface area (Å²) < 4.78 is 5.46. The minimum Gasteiger partial charge on any atom is -0.468 e. The monoisotopic (exact) mass is 348 g/mol. The maximum atomic E-state index is 12.6. The van der Waals surface area contributed by atoms with Gasteiger partial charge in [-0.15, -0.1) is 0 Å². The number of amides is 1. The summed E-state index contributed by atoms with van der Waals surface area (Å²) >= 11 is 0. The molecule has 0 aliphatic rings. The summed E-state index contributed by atoms with van der Waals surface area (Å²) in [6.45, 7) is 3.67. The van der Waals surface area contributed by atoms with Gasteiger partial charge in [-0.25, -0.2) is 0 Å². The minimum absolute atomic E-state index is 0.0271. The molecule has 1 heterocycles. The smallest absolute Gasteiger partial charge is 0.238 e. The Morgan fingerprint density at radius 1 is 0.962 bits per heavy atom. The van der Waals surface area contributed by atoms with E-state index in [0.29, 0.717) is 19.6 Å². The molecule has 0 unspecified atom stereocenters. The van der Waals surface area contributed by atoms with Crippen LogP contribution in [0, 0.1) is 0 Å². The molecule has 3 rings (SSSR count). The average Bonchev–Trinajstić information content (AvgIpc) is 3.15. The second-order valence-corrected chi connectivity index (χ2v) is 6.31. The Labute approximate surface area is 154 Å². The maximum absolute atomic E-state index is 12.6. The number of aryl methyl sites for hydroxylation is 1. The third-order valence-electron chi connectivity index (χ3n) is 4.19. The van der Waals surface area contributed by atoms with Crippen molar-refractivity contribution in [2.75, 3.05) is 11.9 Å². The molecule has 0 radical (unpaired) electrons. The van der Waals surface area contributed by atoms with Crippen LogP contribution in [0.2, 0.25) is 0 Å². The fraction of sp³-hybridized carbons (Fsp3) is 0.227. The van der Waals surface area contributed by atoms with Crippen molar-refractivity contribution in [3.63, 3.8) is 0 Å². The van der Waals surface area contributed by atoms with Gasteiger partial charge in [0.2, 0.25) is 5.91 Å². The number of carbonyl (C=O) groups excluding carboxylic acids is 1. The third-order valence-corrected chi connectivity index (χ3v) is 4.19. The summed E-state index contributed by atoms with van der Waals surface area (Å²) in [7, 11) is 0. The fourth-order valence-electron chi connectivity index (χ4n) is 2.90. The van der Waals surface area contributed by atoms with Gasteiger partial charge >= 0.3 is 0 Å². The lowest BCUT2D eigenvalue weighted by atomic mass is 10.1. The Morgan fingerprint density at radius 2 is 1.77 bits per heavy atom. The van der Waals surface area contributed by atoms with E-state index in [1.165, 1.54) is 11.1 Å². The Morgan fingerprint density at radius 3 is 2.50 bits per heavy atom. The predicted octanol–water partition coefficient (Wildman–Crippen LogP) is 4.48. The van der Waals surface area contributed by atoms with Crippen LogP contribution in [0.4, 0.5) is 5.69 Å². The predicted molar refractivity (Wildman–Crippen MR) is 104 cm³/mol. The van der Waals surface area contributed by atoms with Crippen LogP contribution < -0.4 is 5.32 Å². The van der Waals surface area contributed by atoms with Crippen molar-refractivity contribution in [3.8, 4) is 0 Å². The number of anilines is 1. The molecule has 0 aliphatic heterocycles. The van der Waals surface area contributed by atoms with E-state index in [4.69, 9.17) is 4.42 Å². The van der Waals surface area contributed by atoms with Crippen LogP contribution in [-0.4, -0.2) is 17.4 Å². The first-order valence-corrected chi connectivity index (χ1v) is 8.90. The van der Waals surface area contributed by atoms with Crippen LogP contribution in [0.3, 0.4) is 0 Å². The molecule has 1 amide bonds. The molecule has 0 saturated heterocycles. The molecule has 4 heteroatoms. The van der Waals surface area contributed by atoms with Gasteiger partial charge in [-0.1, -0.05) is 49.4 Å². The molecule has 4 nitrogen and oxygen atoms in total. The van der Waals surface area contributed by atoms with Crippen LogP contribution in [0.5, 0.6) is 0 Å². The molecule has 2 aromatic carbocycles. The molecule has 134 valence electrons. The molecular formula is C22H24N2O2. The Kier molecular flexibility index (Phi) is 6.23. The first-order chi connectivity index (χ1) is 12.7. The highest BCUT2D eigenvalue weighted by molar-refractivity contribution is 5.92. The Balaban J connectivity index is 1.66. The number of hydrogen-bond donors (Lipinski definition) is 1. The van der Waals surface area contributed by atoms with Gasteiger partial charge < -0.3 is 9.73 Å². The average molecular weight is 348 g/mol. The number of benzene rings is 2. The van der Waals surface area contributed by atoms with Gasteiger partial charge in [0.25, 0.3) is 0 Å². The maximum Gasteiger partial charge on any atom is 0.238 e. The Bertz CT molecular complexity index is 813. The van der Waals surface area contributed by atoms with Gasteiger partial charge in [-0.05, 0) is 41.8 Å². The largest absolute Gasteiger partial charge is 0.468 e. The van der Waals surface area contributed by atoms with Crippen molar-refractivity contribution in [2.24, 2.45) is 0 Å². The number of furan rings is 1. The zero-order valence-corrected chi connectivity index (χ0v) is 15.0. The van der Waals surface area contributed by atoms with Crippen molar-refractivity contribution in [3.05, 3.63) is 89.9 Å². The zero-order chi connectivity index (χ0) is 18.2. The van der Waals surface area contributed by atoms with E-state index in [-0.39, 0.29) is 5.91 Å². The van der Waals surface area contributed by atoms with Gasteiger partial charge in [0.15, 0.2) is 0 Å². The second kappa shape index (κ2) is 9.02. The fourth-order valence-corrected chi connectivity index (χ4v) is 2.90. The van der Waals surface area contributed by atoms with Gasteiger partial charge in [0.1, 0.15) is 5.76 Å². The summed E-state index contributed by atoms with van der Waals surface area (Å²) in [6.07, 6.45) is 2.61. The molecule has 1 N–H and O–H groups in total. The molecule has 1 aromatic heterocycles. The third kappa shape index (κ3) is 5.33. The quantitative estimate of drug-likeness (QED) is 0.653. The standard InChI is InChI=1S/C22H24N2O2/c1-2-18-10-6-11-20(14-18)23-22(25)17-24(16-21-12-7-13-26-21)15-19-8-4-3-5-9-19/h3-14H,2,15-17H2,1H3,(H,23,25). The van der Waals surface area contributed by atoms with Gasteiger partial charge in [-0.3, -0.25) is 9.69 Å². The number of hydrogen-bond acceptors (Lipinski definition) is 3. The highest BCUT2D eigenvalue weighted by Gasteiger charge is 2.14. The van der Waals surface area contributed by atoms with E-state index in [9.17, 15) is 4.79 Å². The van der Waals surface area contributed by atoms with Crippen molar-refractivity contribution < 1.29 is 9.21 Å². The summed E-state index contributed by atoms with van der Waals surface area (Å²) in [4.78, 5) is 14.6. The second-order valence-electron chi connectivity index (χ2n) is 6.31.